The zero-order valence-electron chi connectivity index (χ0n) is 13.0. The van der Waals surface area contributed by atoms with E-state index in [4.69, 9.17) is 5.41 Å². The van der Waals surface area contributed by atoms with E-state index < -0.39 is 17.3 Å². The number of nitriles is 3. The molecule has 0 saturated heterocycles. The second-order valence-corrected chi connectivity index (χ2v) is 7.41. The van der Waals surface area contributed by atoms with Gasteiger partial charge in [-0.1, -0.05) is 24.3 Å². The lowest BCUT2D eigenvalue weighted by atomic mass is 9.53. The van der Waals surface area contributed by atoms with Crippen molar-refractivity contribution in [1.29, 1.82) is 21.2 Å². The van der Waals surface area contributed by atoms with Crippen molar-refractivity contribution in [3.63, 3.8) is 0 Å². The molecule has 1 aromatic carbocycles. The van der Waals surface area contributed by atoms with Crippen molar-refractivity contribution in [2.75, 3.05) is 0 Å². The van der Waals surface area contributed by atoms with Crippen LogP contribution < -0.4 is 0 Å². The molecule has 0 bridgehead atoms. The van der Waals surface area contributed by atoms with E-state index in [1.807, 2.05) is 24.3 Å². The van der Waals surface area contributed by atoms with Crippen LogP contribution in [0.4, 0.5) is 0 Å². The van der Waals surface area contributed by atoms with Crippen molar-refractivity contribution in [2.45, 2.75) is 25.2 Å². The Balaban J connectivity index is 2.29. The van der Waals surface area contributed by atoms with Gasteiger partial charge in [-0.25, -0.2) is 0 Å². The van der Waals surface area contributed by atoms with Gasteiger partial charge in [0.25, 0.3) is 0 Å². The third kappa shape index (κ3) is 2.26. The van der Waals surface area contributed by atoms with Crippen LogP contribution >= 0.6 is 22.6 Å². The van der Waals surface area contributed by atoms with Crippen LogP contribution in [0.15, 0.2) is 35.9 Å². The van der Waals surface area contributed by atoms with E-state index in [0.717, 1.165) is 34.0 Å². The van der Waals surface area contributed by atoms with Crippen LogP contribution in [0.3, 0.4) is 0 Å². The van der Waals surface area contributed by atoms with E-state index in [1.165, 1.54) is 0 Å². The van der Waals surface area contributed by atoms with Gasteiger partial charge in [0.2, 0.25) is 0 Å². The first-order valence-electron chi connectivity index (χ1n) is 7.86. The van der Waals surface area contributed by atoms with Crippen molar-refractivity contribution in [3.05, 3.63) is 45.0 Å². The second kappa shape index (κ2) is 6.38. The van der Waals surface area contributed by atoms with Gasteiger partial charge in [0, 0.05) is 9.49 Å². The molecule has 0 radical (unpaired) electrons. The minimum atomic E-state index is -1.58. The van der Waals surface area contributed by atoms with Gasteiger partial charge in [-0.05, 0) is 65.0 Å². The Morgan fingerprint density at radius 1 is 1.17 bits per heavy atom. The molecule has 1 fully saturated rings. The van der Waals surface area contributed by atoms with E-state index >= 15 is 0 Å². The van der Waals surface area contributed by atoms with Crippen LogP contribution in [0.1, 0.15) is 30.7 Å². The number of allylic oxidation sites excluding steroid dienone is 2. The molecule has 24 heavy (non-hydrogen) atoms. The summed E-state index contributed by atoms with van der Waals surface area (Å²) in [5.74, 6) is -1.19. The maximum Gasteiger partial charge on any atom is 0.189 e. The predicted molar refractivity (Wildman–Crippen MR) is 97.8 cm³/mol. The van der Waals surface area contributed by atoms with E-state index in [-0.39, 0.29) is 11.6 Å². The van der Waals surface area contributed by atoms with Gasteiger partial charge >= 0.3 is 0 Å². The molecule has 3 atom stereocenters. The number of hydrogen-bond acceptors (Lipinski definition) is 4. The summed E-state index contributed by atoms with van der Waals surface area (Å²) in [6, 6.07) is 14.1. The molecule has 1 aromatic rings. The Morgan fingerprint density at radius 2 is 1.88 bits per heavy atom. The largest absolute Gasteiger partial charge is 0.305 e. The van der Waals surface area contributed by atoms with Gasteiger partial charge in [-0.2, -0.15) is 15.8 Å². The quantitative estimate of drug-likeness (QED) is 0.536. The zero-order chi connectivity index (χ0) is 17.3. The average Bonchev–Trinajstić information content (AvgIpc) is 2.62. The summed E-state index contributed by atoms with van der Waals surface area (Å²) in [5, 5.41) is 37.9. The second-order valence-electron chi connectivity index (χ2n) is 6.25. The van der Waals surface area contributed by atoms with E-state index in [2.05, 4.69) is 46.9 Å². The molecule has 0 aliphatic heterocycles. The molecule has 5 heteroatoms. The van der Waals surface area contributed by atoms with Crippen molar-refractivity contribution < 1.29 is 0 Å². The molecule has 0 heterocycles. The highest BCUT2D eigenvalue weighted by atomic mass is 127. The third-order valence-electron chi connectivity index (χ3n) is 5.17. The maximum absolute atomic E-state index is 9.89. The molecule has 0 amide bonds. The summed E-state index contributed by atoms with van der Waals surface area (Å²) in [4.78, 5) is 0. The number of fused-ring (bicyclic) bond motifs is 1. The Hall–Kier alpha value is -2.17. The van der Waals surface area contributed by atoms with Crippen LogP contribution in [-0.4, -0.2) is 5.71 Å². The first-order chi connectivity index (χ1) is 11.6. The Morgan fingerprint density at radius 3 is 2.50 bits per heavy atom. The van der Waals surface area contributed by atoms with Crippen LogP contribution in [-0.2, 0) is 0 Å². The molecule has 1 N–H and O–H groups in total. The topological polar surface area (TPSA) is 95.2 Å². The summed E-state index contributed by atoms with van der Waals surface area (Å²) in [6.45, 7) is 0. The first kappa shape index (κ1) is 16.7. The standard InChI is InChI=1S/C19H15IN4/c20-16-8-4-3-7-14(16)17-13-6-2-1-5-12(13)15(9-21)18(24)19(17,10-22)11-23/h3-5,7-8,13,15,17,24H,1-2,6H2. The summed E-state index contributed by atoms with van der Waals surface area (Å²) in [7, 11) is 0. The molecule has 4 nitrogen and oxygen atoms in total. The molecule has 0 spiro atoms. The van der Waals surface area contributed by atoms with Crippen LogP contribution in [0.5, 0.6) is 0 Å². The lowest BCUT2D eigenvalue weighted by Gasteiger charge is -2.46. The lowest BCUT2D eigenvalue weighted by Crippen LogP contribution is -2.49. The van der Waals surface area contributed by atoms with Gasteiger partial charge in [-0.15, -0.1) is 0 Å². The molecule has 1 saturated carbocycles. The minimum absolute atomic E-state index is 0.0345. The summed E-state index contributed by atoms with van der Waals surface area (Å²) >= 11 is 2.22. The molecular formula is C19H15IN4. The Kier molecular flexibility index (Phi) is 4.43. The molecule has 3 unspecified atom stereocenters. The first-order valence-corrected chi connectivity index (χ1v) is 8.94. The fourth-order valence-corrected chi connectivity index (χ4v) is 4.80. The Bertz CT molecular complexity index is 835. The summed E-state index contributed by atoms with van der Waals surface area (Å²) in [6.07, 6.45) is 4.77. The highest BCUT2D eigenvalue weighted by Crippen LogP contribution is 2.55. The third-order valence-corrected chi connectivity index (χ3v) is 6.15. The van der Waals surface area contributed by atoms with Crippen molar-refractivity contribution >= 4 is 28.3 Å². The normalized spacial score (nSPS) is 27.8. The molecular weight excluding hydrogens is 411 g/mol. The molecule has 0 aromatic heterocycles. The van der Waals surface area contributed by atoms with Gasteiger partial charge in [0.1, 0.15) is 5.92 Å². The number of nitrogens with one attached hydrogen (secondary N) is 1. The van der Waals surface area contributed by atoms with E-state index in [9.17, 15) is 15.8 Å². The Labute approximate surface area is 155 Å². The molecule has 3 rings (SSSR count). The number of benzene rings is 1. The molecule has 118 valence electrons. The fraction of sp³-hybridized carbons (Fsp3) is 0.368. The van der Waals surface area contributed by atoms with Gasteiger partial charge in [-0.3, -0.25) is 0 Å². The number of hydrogen-bond donors (Lipinski definition) is 1. The lowest BCUT2D eigenvalue weighted by molar-refractivity contribution is 0.319. The van der Waals surface area contributed by atoms with Crippen LogP contribution in [0, 0.1) is 60.2 Å². The monoisotopic (exact) mass is 426 g/mol. The van der Waals surface area contributed by atoms with E-state index in [0.29, 0.717) is 0 Å². The van der Waals surface area contributed by atoms with E-state index in [1.54, 1.807) is 0 Å². The smallest absolute Gasteiger partial charge is 0.189 e. The summed E-state index contributed by atoms with van der Waals surface area (Å²) < 4.78 is 0.989. The minimum Gasteiger partial charge on any atom is -0.305 e. The SMILES string of the molecule is N#CC1C(=N)C(C#N)(C#N)C(c2ccccc2I)C2CCCC=C12. The van der Waals surface area contributed by atoms with Crippen molar-refractivity contribution in [2.24, 2.45) is 17.3 Å². The molecule has 2 aliphatic rings. The average molecular weight is 426 g/mol. The summed E-state index contributed by atoms with van der Waals surface area (Å²) in [5.41, 5.74) is 0.213. The van der Waals surface area contributed by atoms with Crippen LogP contribution in [0.2, 0.25) is 0 Å². The number of rotatable bonds is 1. The fourth-order valence-electron chi connectivity index (χ4n) is 4.08. The van der Waals surface area contributed by atoms with Gasteiger partial charge in [0.15, 0.2) is 5.41 Å². The molecule has 2 aliphatic carbocycles. The highest BCUT2D eigenvalue weighted by Gasteiger charge is 2.57. The number of halogens is 1. The van der Waals surface area contributed by atoms with Crippen molar-refractivity contribution in [1.82, 2.24) is 0 Å². The van der Waals surface area contributed by atoms with Gasteiger partial charge in [0.05, 0.1) is 23.9 Å². The number of nitrogens with zero attached hydrogens (tertiary/aromatic N) is 3. The highest BCUT2D eigenvalue weighted by molar-refractivity contribution is 14.1. The van der Waals surface area contributed by atoms with Crippen LogP contribution in [0.25, 0.3) is 0 Å². The van der Waals surface area contributed by atoms with Crippen molar-refractivity contribution in [3.8, 4) is 18.2 Å². The zero-order valence-corrected chi connectivity index (χ0v) is 15.1. The van der Waals surface area contributed by atoms with Gasteiger partial charge < -0.3 is 5.41 Å². The predicted octanol–water partition coefficient (Wildman–Crippen LogP) is 4.31. The maximum atomic E-state index is 9.89.